The van der Waals surface area contributed by atoms with Crippen LogP contribution in [-0.2, 0) is 16.1 Å². The standard InChI is InChI=1S/C18H18N4O3/c1-17(8-18(5-4-15(17)23)9-20-16(24)25-18)10-22-11-21-13-3-2-12(7-19)6-14(13)22/h2-3,6,11H,4-5,8-10H2,1H3,(H,20,24)/t17-,18-/m0/s1. The molecule has 2 atom stereocenters. The summed E-state index contributed by atoms with van der Waals surface area (Å²) in [6.07, 6.45) is 2.72. The first-order valence-electron chi connectivity index (χ1n) is 8.28. The summed E-state index contributed by atoms with van der Waals surface area (Å²) in [7, 11) is 0. The number of rotatable bonds is 2. The van der Waals surface area contributed by atoms with Crippen LogP contribution in [0.3, 0.4) is 0 Å². The summed E-state index contributed by atoms with van der Waals surface area (Å²) in [6, 6.07) is 7.45. The van der Waals surface area contributed by atoms with Crippen LogP contribution in [0, 0.1) is 16.7 Å². The van der Waals surface area contributed by atoms with Crippen LogP contribution in [0.15, 0.2) is 24.5 Å². The highest BCUT2D eigenvalue weighted by molar-refractivity contribution is 5.86. The van der Waals surface area contributed by atoms with E-state index in [1.165, 1.54) is 0 Å². The molecule has 2 fully saturated rings. The topological polar surface area (TPSA) is 97.0 Å². The maximum absolute atomic E-state index is 12.7. The highest BCUT2D eigenvalue weighted by Gasteiger charge is 2.52. The van der Waals surface area contributed by atoms with Gasteiger partial charge in [-0.05, 0) is 24.6 Å². The van der Waals surface area contributed by atoms with Gasteiger partial charge in [-0.25, -0.2) is 9.78 Å². The molecule has 7 nitrogen and oxygen atoms in total. The number of benzene rings is 1. The van der Waals surface area contributed by atoms with E-state index >= 15 is 0 Å². The molecule has 0 radical (unpaired) electrons. The molecule has 1 spiro atoms. The molecule has 1 aliphatic carbocycles. The lowest BCUT2D eigenvalue weighted by molar-refractivity contribution is -0.139. The Morgan fingerprint density at radius 2 is 2.28 bits per heavy atom. The average Bonchev–Trinajstić information content (AvgIpc) is 3.15. The van der Waals surface area contributed by atoms with Crippen molar-refractivity contribution in [2.75, 3.05) is 6.54 Å². The fourth-order valence-electron chi connectivity index (χ4n) is 4.05. The normalized spacial score (nSPS) is 28.8. The number of ether oxygens (including phenoxy) is 1. The minimum Gasteiger partial charge on any atom is -0.441 e. The number of imidazole rings is 1. The molecule has 1 aromatic carbocycles. The van der Waals surface area contributed by atoms with Gasteiger partial charge in [0.2, 0.25) is 0 Å². The molecule has 2 heterocycles. The molecule has 2 aliphatic rings. The quantitative estimate of drug-likeness (QED) is 0.905. The SMILES string of the molecule is C[C@@]1(Cn2cnc3ccc(C#N)cc32)C[C@@]2(CCC1=O)CNC(=O)O2. The van der Waals surface area contributed by atoms with Crippen LogP contribution in [0.5, 0.6) is 0 Å². The largest absolute Gasteiger partial charge is 0.441 e. The monoisotopic (exact) mass is 338 g/mol. The van der Waals surface area contributed by atoms with E-state index in [1.54, 1.807) is 24.5 Å². The smallest absolute Gasteiger partial charge is 0.407 e. The van der Waals surface area contributed by atoms with Crippen LogP contribution in [0.1, 0.15) is 31.7 Å². The molecule has 1 saturated carbocycles. The molecule has 25 heavy (non-hydrogen) atoms. The van der Waals surface area contributed by atoms with Crippen LogP contribution in [0.2, 0.25) is 0 Å². The molecule has 4 rings (SSSR count). The second-order valence-electron chi connectivity index (χ2n) is 7.27. The van der Waals surface area contributed by atoms with Crippen molar-refractivity contribution in [1.82, 2.24) is 14.9 Å². The number of nitrogens with one attached hydrogen (secondary N) is 1. The number of hydrogen-bond acceptors (Lipinski definition) is 5. The van der Waals surface area contributed by atoms with Crippen LogP contribution >= 0.6 is 0 Å². The van der Waals surface area contributed by atoms with E-state index in [9.17, 15) is 9.59 Å². The van der Waals surface area contributed by atoms with Crippen molar-refractivity contribution in [2.45, 2.75) is 38.3 Å². The zero-order chi connectivity index (χ0) is 17.7. The second-order valence-corrected chi connectivity index (χ2v) is 7.27. The number of nitrogens with zero attached hydrogens (tertiary/aromatic N) is 3. The minimum absolute atomic E-state index is 0.166. The van der Waals surface area contributed by atoms with E-state index in [4.69, 9.17) is 10.00 Å². The van der Waals surface area contributed by atoms with E-state index in [0.717, 1.165) is 11.0 Å². The van der Waals surface area contributed by atoms with E-state index < -0.39 is 17.1 Å². The Labute approximate surface area is 144 Å². The number of Topliss-reactive ketones (excluding diaryl/α,β-unsaturated/α-hetero) is 1. The summed E-state index contributed by atoms with van der Waals surface area (Å²) in [5, 5.41) is 11.8. The van der Waals surface area contributed by atoms with Crippen LogP contribution < -0.4 is 5.32 Å². The summed E-state index contributed by atoms with van der Waals surface area (Å²) in [6.45, 7) is 2.80. The highest BCUT2D eigenvalue weighted by atomic mass is 16.6. The Morgan fingerprint density at radius 1 is 1.44 bits per heavy atom. The zero-order valence-corrected chi connectivity index (χ0v) is 13.9. The predicted molar refractivity (Wildman–Crippen MR) is 88.6 cm³/mol. The van der Waals surface area contributed by atoms with Gasteiger partial charge in [-0.1, -0.05) is 6.92 Å². The van der Waals surface area contributed by atoms with Gasteiger partial charge in [-0.2, -0.15) is 5.26 Å². The summed E-state index contributed by atoms with van der Waals surface area (Å²) in [5.41, 5.74) is 0.915. The maximum atomic E-state index is 12.7. The number of ketones is 1. The van der Waals surface area contributed by atoms with Crippen molar-refractivity contribution in [3.8, 4) is 6.07 Å². The van der Waals surface area contributed by atoms with Crippen molar-refractivity contribution in [3.63, 3.8) is 0 Å². The van der Waals surface area contributed by atoms with Crippen molar-refractivity contribution in [1.29, 1.82) is 5.26 Å². The first-order valence-corrected chi connectivity index (χ1v) is 8.28. The van der Waals surface area contributed by atoms with Gasteiger partial charge < -0.3 is 14.6 Å². The number of alkyl carbamates (subject to hydrolysis) is 1. The number of nitriles is 1. The molecule has 2 aromatic rings. The number of hydrogen-bond donors (Lipinski definition) is 1. The van der Waals surface area contributed by atoms with Crippen LogP contribution in [0.4, 0.5) is 4.79 Å². The Bertz CT molecular complexity index is 928. The van der Waals surface area contributed by atoms with Gasteiger partial charge in [-0.15, -0.1) is 0 Å². The van der Waals surface area contributed by atoms with Gasteiger partial charge in [0, 0.05) is 24.8 Å². The number of aromatic nitrogens is 2. The lowest BCUT2D eigenvalue weighted by Gasteiger charge is -2.41. The van der Waals surface area contributed by atoms with E-state index in [2.05, 4.69) is 16.4 Å². The zero-order valence-electron chi connectivity index (χ0n) is 13.9. The van der Waals surface area contributed by atoms with Gasteiger partial charge in [-0.3, -0.25) is 4.79 Å². The fraction of sp³-hybridized carbons (Fsp3) is 0.444. The second kappa shape index (κ2) is 5.31. The molecule has 1 N–H and O–H groups in total. The van der Waals surface area contributed by atoms with Gasteiger partial charge in [0.1, 0.15) is 11.4 Å². The average molecular weight is 338 g/mol. The minimum atomic E-state index is -0.652. The van der Waals surface area contributed by atoms with Crippen molar-refractivity contribution < 1.29 is 14.3 Å². The summed E-state index contributed by atoms with van der Waals surface area (Å²) < 4.78 is 7.42. The summed E-state index contributed by atoms with van der Waals surface area (Å²) >= 11 is 0. The Hall–Kier alpha value is -2.88. The molecule has 7 heteroatoms. The molecular weight excluding hydrogens is 320 g/mol. The van der Waals surface area contributed by atoms with Gasteiger partial charge in [0.15, 0.2) is 0 Å². The number of carbonyl (C=O) groups excluding carboxylic acids is 2. The van der Waals surface area contributed by atoms with Crippen molar-refractivity contribution >= 4 is 22.9 Å². The molecule has 1 saturated heterocycles. The maximum Gasteiger partial charge on any atom is 0.407 e. The molecule has 1 aromatic heterocycles. The molecule has 128 valence electrons. The number of amides is 1. The first kappa shape index (κ1) is 15.6. The van der Waals surface area contributed by atoms with E-state index in [-0.39, 0.29) is 5.78 Å². The lowest BCUT2D eigenvalue weighted by Crippen LogP contribution is -2.49. The predicted octanol–water partition coefficient (Wildman–Crippen LogP) is 2.15. The molecular formula is C18H18N4O3. The van der Waals surface area contributed by atoms with Crippen LogP contribution in [0.25, 0.3) is 11.0 Å². The molecule has 1 amide bonds. The Kier molecular flexibility index (Phi) is 3.32. The van der Waals surface area contributed by atoms with E-state index in [1.807, 2.05) is 11.5 Å². The number of carbonyl (C=O) groups is 2. The fourth-order valence-corrected chi connectivity index (χ4v) is 4.05. The van der Waals surface area contributed by atoms with Crippen molar-refractivity contribution in [3.05, 3.63) is 30.1 Å². The van der Waals surface area contributed by atoms with Crippen molar-refractivity contribution in [2.24, 2.45) is 5.41 Å². The Balaban J connectivity index is 1.67. The summed E-state index contributed by atoms with van der Waals surface area (Å²) in [4.78, 5) is 28.5. The third-order valence-electron chi connectivity index (χ3n) is 5.33. The molecule has 1 aliphatic heterocycles. The first-order chi connectivity index (χ1) is 11.9. The van der Waals surface area contributed by atoms with Gasteiger partial charge in [0.05, 0.1) is 35.5 Å². The van der Waals surface area contributed by atoms with Gasteiger partial charge >= 0.3 is 6.09 Å². The molecule has 0 unspecified atom stereocenters. The summed E-state index contributed by atoms with van der Waals surface area (Å²) in [5.74, 6) is 0.166. The Morgan fingerprint density at radius 3 is 3.00 bits per heavy atom. The van der Waals surface area contributed by atoms with Crippen LogP contribution in [-0.4, -0.2) is 33.6 Å². The molecule has 0 bridgehead atoms. The lowest BCUT2D eigenvalue weighted by atomic mass is 9.67. The third-order valence-corrected chi connectivity index (χ3v) is 5.33. The van der Waals surface area contributed by atoms with Gasteiger partial charge in [0.25, 0.3) is 0 Å². The number of fused-ring (bicyclic) bond motifs is 1. The third kappa shape index (κ3) is 2.54. The highest BCUT2D eigenvalue weighted by Crippen LogP contribution is 2.43. The van der Waals surface area contributed by atoms with E-state index in [0.29, 0.717) is 37.9 Å².